The van der Waals surface area contributed by atoms with Gasteiger partial charge in [-0.1, -0.05) is 23.2 Å². The fraction of sp³-hybridized carbons (Fsp3) is 0.100. The maximum atomic E-state index is 10.5. The van der Waals surface area contributed by atoms with Crippen LogP contribution < -0.4 is 5.11 Å². The van der Waals surface area contributed by atoms with Crippen molar-refractivity contribution in [2.24, 2.45) is 0 Å². The minimum absolute atomic E-state index is 0.219. The molecule has 5 heteroatoms. The SMILES string of the molecule is O=C([O-])Cc1coc2c(Cl)cc(Cl)cc12. The Balaban J connectivity index is 2.63. The monoisotopic (exact) mass is 243 g/mol. The molecule has 0 aliphatic heterocycles. The summed E-state index contributed by atoms with van der Waals surface area (Å²) < 4.78 is 5.15. The maximum absolute atomic E-state index is 10.5. The predicted octanol–water partition coefficient (Wildman–Crippen LogP) is 2.03. The molecule has 15 heavy (non-hydrogen) atoms. The third-order valence-electron chi connectivity index (χ3n) is 2.01. The summed E-state index contributed by atoms with van der Waals surface area (Å²) in [5.74, 6) is -1.17. The van der Waals surface area contributed by atoms with Gasteiger partial charge in [0.25, 0.3) is 0 Å². The van der Waals surface area contributed by atoms with E-state index < -0.39 is 5.97 Å². The number of hydrogen-bond acceptors (Lipinski definition) is 3. The zero-order valence-electron chi connectivity index (χ0n) is 7.42. The lowest BCUT2D eigenvalue weighted by Crippen LogP contribution is -2.24. The molecular weight excluding hydrogens is 239 g/mol. The summed E-state index contributed by atoms with van der Waals surface area (Å²) >= 11 is 11.7. The second-order valence-electron chi connectivity index (χ2n) is 3.07. The van der Waals surface area contributed by atoms with Crippen molar-refractivity contribution in [2.45, 2.75) is 6.42 Å². The molecule has 0 fully saturated rings. The molecule has 3 nitrogen and oxygen atoms in total. The van der Waals surface area contributed by atoms with Crippen molar-refractivity contribution in [3.05, 3.63) is 34.0 Å². The number of rotatable bonds is 2. The Morgan fingerprint density at radius 1 is 1.40 bits per heavy atom. The van der Waals surface area contributed by atoms with Gasteiger partial charge in [0.05, 0.1) is 11.3 Å². The van der Waals surface area contributed by atoms with Gasteiger partial charge in [-0.2, -0.15) is 0 Å². The molecule has 78 valence electrons. The van der Waals surface area contributed by atoms with E-state index in [1.807, 2.05) is 0 Å². The average molecular weight is 244 g/mol. The van der Waals surface area contributed by atoms with Crippen molar-refractivity contribution < 1.29 is 14.3 Å². The quantitative estimate of drug-likeness (QED) is 0.812. The first-order chi connectivity index (χ1) is 7.08. The van der Waals surface area contributed by atoms with Gasteiger partial charge in [0, 0.05) is 28.4 Å². The van der Waals surface area contributed by atoms with Crippen molar-refractivity contribution in [2.75, 3.05) is 0 Å². The van der Waals surface area contributed by atoms with E-state index in [4.69, 9.17) is 27.6 Å². The van der Waals surface area contributed by atoms with E-state index in [2.05, 4.69) is 0 Å². The Kier molecular flexibility index (Phi) is 2.59. The summed E-state index contributed by atoms with van der Waals surface area (Å²) in [4.78, 5) is 10.5. The highest BCUT2D eigenvalue weighted by molar-refractivity contribution is 6.38. The zero-order chi connectivity index (χ0) is 11.0. The number of furan rings is 1. The summed E-state index contributed by atoms with van der Waals surface area (Å²) in [5.41, 5.74) is 0.951. The van der Waals surface area contributed by atoms with Gasteiger partial charge < -0.3 is 14.3 Å². The van der Waals surface area contributed by atoms with Crippen LogP contribution in [0.2, 0.25) is 10.0 Å². The Bertz CT molecular complexity index is 531. The Hall–Kier alpha value is -1.19. The normalized spacial score (nSPS) is 10.8. The van der Waals surface area contributed by atoms with E-state index in [1.165, 1.54) is 12.3 Å². The van der Waals surface area contributed by atoms with E-state index in [1.54, 1.807) is 6.07 Å². The maximum Gasteiger partial charge on any atom is 0.152 e. The van der Waals surface area contributed by atoms with Crippen LogP contribution in [-0.2, 0) is 11.2 Å². The topological polar surface area (TPSA) is 53.3 Å². The highest BCUT2D eigenvalue weighted by atomic mass is 35.5. The average Bonchev–Trinajstić information content (AvgIpc) is 2.48. The Morgan fingerprint density at radius 2 is 2.13 bits per heavy atom. The molecule has 0 bridgehead atoms. The zero-order valence-corrected chi connectivity index (χ0v) is 8.93. The van der Waals surface area contributed by atoms with Gasteiger partial charge in [-0.05, 0) is 12.1 Å². The van der Waals surface area contributed by atoms with Gasteiger partial charge in [0.1, 0.15) is 0 Å². The molecule has 0 aliphatic rings. The molecule has 0 unspecified atom stereocenters. The molecule has 0 N–H and O–H groups in total. The molecule has 0 spiro atoms. The van der Waals surface area contributed by atoms with Crippen LogP contribution in [0.5, 0.6) is 0 Å². The lowest BCUT2D eigenvalue weighted by molar-refractivity contribution is -0.304. The number of carboxylic acid groups (broad SMARTS) is 1. The molecule has 0 saturated heterocycles. The number of halogens is 2. The minimum atomic E-state index is -1.17. The second kappa shape index (κ2) is 3.76. The van der Waals surface area contributed by atoms with Crippen molar-refractivity contribution in [3.8, 4) is 0 Å². The van der Waals surface area contributed by atoms with Crippen molar-refractivity contribution >= 4 is 40.1 Å². The summed E-state index contributed by atoms with van der Waals surface area (Å²) in [5, 5.41) is 11.9. The largest absolute Gasteiger partial charge is 0.550 e. The van der Waals surface area contributed by atoms with E-state index in [-0.39, 0.29) is 6.42 Å². The van der Waals surface area contributed by atoms with Crippen molar-refractivity contribution in [3.63, 3.8) is 0 Å². The fourth-order valence-electron chi connectivity index (χ4n) is 1.40. The van der Waals surface area contributed by atoms with Gasteiger partial charge in [-0.25, -0.2) is 0 Å². The minimum Gasteiger partial charge on any atom is -0.550 e. The van der Waals surface area contributed by atoms with Gasteiger partial charge in [0.2, 0.25) is 0 Å². The van der Waals surface area contributed by atoms with Crippen LogP contribution in [0.4, 0.5) is 0 Å². The Labute approximate surface area is 95.2 Å². The summed E-state index contributed by atoms with van der Waals surface area (Å²) in [6.07, 6.45) is 1.13. The molecule has 0 aliphatic carbocycles. The van der Waals surface area contributed by atoms with Gasteiger partial charge in [-0.3, -0.25) is 0 Å². The fourth-order valence-corrected chi connectivity index (χ4v) is 1.94. The molecule has 1 aromatic carbocycles. The second-order valence-corrected chi connectivity index (χ2v) is 3.92. The van der Waals surface area contributed by atoms with Crippen molar-refractivity contribution in [1.82, 2.24) is 0 Å². The van der Waals surface area contributed by atoms with Crippen LogP contribution >= 0.6 is 23.2 Å². The first-order valence-corrected chi connectivity index (χ1v) is 4.88. The van der Waals surface area contributed by atoms with Gasteiger partial charge in [0.15, 0.2) is 5.58 Å². The molecule has 0 saturated carbocycles. The van der Waals surface area contributed by atoms with Gasteiger partial charge >= 0.3 is 0 Å². The van der Waals surface area contributed by atoms with Crippen LogP contribution in [0.3, 0.4) is 0 Å². The molecular formula is C10H5Cl2O3-. The molecule has 0 radical (unpaired) electrons. The van der Waals surface area contributed by atoms with Crippen molar-refractivity contribution in [1.29, 1.82) is 0 Å². The molecule has 0 amide bonds. The van der Waals surface area contributed by atoms with Crippen LogP contribution in [0.25, 0.3) is 11.0 Å². The summed E-state index contributed by atoms with van der Waals surface area (Å²) in [6.45, 7) is 0. The lowest BCUT2D eigenvalue weighted by Gasteiger charge is -1.99. The highest BCUT2D eigenvalue weighted by Crippen LogP contribution is 2.31. The van der Waals surface area contributed by atoms with Crippen LogP contribution in [-0.4, -0.2) is 5.97 Å². The molecule has 0 atom stereocenters. The number of hydrogen-bond donors (Lipinski definition) is 0. The van der Waals surface area contributed by atoms with Crippen LogP contribution in [0.1, 0.15) is 5.56 Å². The number of carboxylic acids is 1. The van der Waals surface area contributed by atoms with Crippen LogP contribution in [0.15, 0.2) is 22.8 Å². The predicted molar refractivity (Wildman–Crippen MR) is 54.9 cm³/mol. The van der Waals surface area contributed by atoms with E-state index in [0.29, 0.717) is 26.6 Å². The van der Waals surface area contributed by atoms with E-state index >= 15 is 0 Å². The molecule has 1 heterocycles. The number of fused-ring (bicyclic) bond motifs is 1. The summed E-state index contributed by atoms with van der Waals surface area (Å²) in [7, 11) is 0. The smallest absolute Gasteiger partial charge is 0.152 e. The number of aliphatic carboxylic acids is 1. The number of carbonyl (C=O) groups is 1. The van der Waals surface area contributed by atoms with Gasteiger partial charge in [-0.15, -0.1) is 0 Å². The molecule has 2 rings (SSSR count). The van der Waals surface area contributed by atoms with E-state index in [0.717, 1.165) is 0 Å². The standard InChI is InChI=1S/C10H6Cl2O3/c11-6-2-7-5(1-9(13)14)4-15-10(7)8(12)3-6/h2-4H,1H2,(H,13,14)/p-1. The number of benzene rings is 1. The first kappa shape index (κ1) is 10.3. The third kappa shape index (κ3) is 1.94. The lowest BCUT2D eigenvalue weighted by atomic mass is 10.1. The van der Waals surface area contributed by atoms with E-state index in [9.17, 15) is 9.90 Å². The molecule has 1 aromatic heterocycles. The Morgan fingerprint density at radius 3 is 2.80 bits per heavy atom. The summed E-state index contributed by atoms with van der Waals surface area (Å²) in [6, 6.07) is 3.16. The molecule has 2 aromatic rings. The first-order valence-electron chi connectivity index (χ1n) is 4.13. The highest BCUT2D eigenvalue weighted by Gasteiger charge is 2.10. The van der Waals surface area contributed by atoms with Crippen LogP contribution in [0, 0.1) is 0 Å². The number of carbonyl (C=O) groups excluding carboxylic acids is 1. The third-order valence-corrected chi connectivity index (χ3v) is 2.51.